The van der Waals surface area contributed by atoms with Gasteiger partial charge in [0.2, 0.25) is 0 Å². The van der Waals surface area contributed by atoms with Crippen LogP contribution in [-0.4, -0.2) is 17.3 Å². The highest BCUT2D eigenvalue weighted by molar-refractivity contribution is 5.80. The minimum absolute atomic E-state index is 0.395. The van der Waals surface area contributed by atoms with Crippen molar-refractivity contribution in [3.63, 3.8) is 0 Å². The van der Waals surface area contributed by atoms with Crippen molar-refractivity contribution >= 4 is 12.2 Å². The fourth-order valence-corrected chi connectivity index (χ4v) is 0.237. The zero-order valence-corrected chi connectivity index (χ0v) is 4.29. The van der Waals surface area contributed by atoms with Gasteiger partial charge in [0.1, 0.15) is 0 Å². The molecule has 3 nitrogen and oxygen atoms in total. The molecule has 0 aliphatic carbocycles. The molecule has 0 aliphatic rings. The van der Waals surface area contributed by atoms with Gasteiger partial charge in [-0.15, -0.1) is 0 Å². The van der Waals surface area contributed by atoms with Crippen LogP contribution in [0.4, 0.5) is 0 Å². The van der Waals surface area contributed by atoms with Crippen molar-refractivity contribution in [2.75, 3.05) is 0 Å². The van der Waals surface area contributed by atoms with Crippen LogP contribution in [0.5, 0.6) is 0 Å². The van der Waals surface area contributed by atoms with E-state index in [0.717, 1.165) is 12.3 Å². The average molecular weight is 113 g/mol. The van der Waals surface area contributed by atoms with Crippen LogP contribution in [0.3, 0.4) is 0 Å². The van der Waals surface area contributed by atoms with Crippen molar-refractivity contribution in [3.05, 3.63) is 12.2 Å². The molecular weight excluding hydrogens is 106 g/mol. The largest absolute Gasteiger partial charge is 0.478 e. The third-order valence-corrected chi connectivity index (χ3v) is 0.514. The molecule has 44 valence electrons. The Labute approximate surface area is 47.2 Å². The van der Waals surface area contributed by atoms with E-state index in [2.05, 4.69) is 0 Å². The smallest absolute Gasteiger partial charge is 0.327 e. The topological polar surface area (TPSA) is 61.2 Å². The summed E-state index contributed by atoms with van der Waals surface area (Å²) >= 11 is 0. The number of carboxylic acid groups (broad SMARTS) is 1. The van der Waals surface area contributed by atoms with Gasteiger partial charge < -0.3 is 10.5 Å². The van der Waals surface area contributed by atoms with E-state index >= 15 is 0 Å². The number of hydrogen-bond donors (Lipinski definition) is 2. The van der Waals surface area contributed by atoms with Crippen LogP contribution in [0.2, 0.25) is 0 Å². The summed E-state index contributed by atoms with van der Waals surface area (Å²) in [6, 6.07) is 0. The van der Waals surface area contributed by atoms with Gasteiger partial charge in [-0.05, 0) is 6.21 Å². The molecular formula is C5H7NO2. The zero-order chi connectivity index (χ0) is 6.41. The summed E-state index contributed by atoms with van der Waals surface area (Å²) in [6.45, 7) is 0. The molecule has 0 aliphatic heterocycles. The molecule has 0 atom stereocenters. The molecule has 3 heteroatoms. The molecule has 0 amide bonds. The number of allylic oxidation sites excluding steroid dienone is 1. The van der Waals surface area contributed by atoms with Crippen molar-refractivity contribution in [1.29, 1.82) is 5.41 Å². The Balaban J connectivity index is 3.34. The Hall–Kier alpha value is -1.12. The Morgan fingerprint density at radius 2 is 2.38 bits per heavy atom. The second-order valence-electron chi connectivity index (χ2n) is 1.18. The van der Waals surface area contributed by atoms with E-state index < -0.39 is 5.97 Å². The van der Waals surface area contributed by atoms with Crippen LogP contribution in [0.15, 0.2) is 12.2 Å². The first kappa shape index (κ1) is 6.88. The first-order valence-electron chi connectivity index (χ1n) is 2.15. The van der Waals surface area contributed by atoms with Crippen molar-refractivity contribution in [1.82, 2.24) is 0 Å². The first-order valence-corrected chi connectivity index (χ1v) is 2.15. The summed E-state index contributed by atoms with van der Waals surface area (Å²) in [5.74, 6) is -0.966. The highest BCUT2D eigenvalue weighted by atomic mass is 16.4. The maximum absolute atomic E-state index is 9.71. The third kappa shape index (κ3) is 4.88. The van der Waals surface area contributed by atoms with E-state index in [4.69, 9.17) is 10.5 Å². The Morgan fingerprint density at radius 1 is 1.75 bits per heavy atom. The lowest BCUT2D eigenvalue weighted by molar-refractivity contribution is -0.131. The van der Waals surface area contributed by atoms with Gasteiger partial charge in [0.15, 0.2) is 0 Å². The van der Waals surface area contributed by atoms with E-state index in [1.54, 1.807) is 0 Å². The van der Waals surface area contributed by atoms with Crippen molar-refractivity contribution in [2.24, 2.45) is 0 Å². The van der Waals surface area contributed by atoms with E-state index in [-0.39, 0.29) is 0 Å². The number of carbonyl (C=O) groups is 1. The summed E-state index contributed by atoms with van der Waals surface area (Å²) in [6.07, 6.45) is 3.96. The summed E-state index contributed by atoms with van der Waals surface area (Å²) < 4.78 is 0. The fourth-order valence-electron chi connectivity index (χ4n) is 0.237. The predicted molar refractivity (Wildman–Crippen MR) is 30.2 cm³/mol. The molecule has 0 aromatic heterocycles. The number of aliphatic carboxylic acids is 1. The Morgan fingerprint density at radius 3 is 2.75 bits per heavy atom. The van der Waals surface area contributed by atoms with Gasteiger partial charge in [-0.3, -0.25) is 0 Å². The molecule has 0 radical (unpaired) electrons. The zero-order valence-electron chi connectivity index (χ0n) is 4.29. The van der Waals surface area contributed by atoms with Crippen molar-refractivity contribution < 1.29 is 9.90 Å². The van der Waals surface area contributed by atoms with Crippen LogP contribution >= 0.6 is 0 Å². The van der Waals surface area contributed by atoms with Gasteiger partial charge in [-0.1, -0.05) is 6.08 Å². The number of hydrogen-bond acceptors (Lipinski definition) is 2. The van der Waals surface area contributed by atoms with E-state index in [1.165, 1.54) is 6.08 Å². The van der Waals surface area contributed by atoms with Crippen molar-refractivity contribution in [2.45, 2.75) is 6.42 Å². The molecule has 8 heavy (non-hydrogen) atoms. The molecule has 0 rings (SSSR count). The second kappa shape index (κ2) is 4.05. The summed E-state index contributed by atoms with van der Waals surface area (Å²) in [7, 11) is 0. The highest BCUT2D eigenvalue weighted by Gasteiger charge is 1.80. The summed E-state index contributed by atoms with van der Waals surface area (Å²) in [4.78, 5) is 9.71. The lowest BCUT2D eigenvalue weighted by atomic mass is 10.4. The minimum atomic E-state index is -0.966. The highest BCUT2D eigenvalue weighted by Crippen LogP contribution is 1.75. The molecule has 0 unspecified atom stereocenters. The monoisotopic (exact) mass is 113 g/mol. The van der Waals surface area contributed by atoms with Crippen LogP contribution in [0.1, 0.15) is 6.42 Å². The number of rotatable bonds is 3. The molecule has 0 saturated heterocycles. The Kier molecular flexibility index (Phi) is 3.48. The third-order valence-electron chi connectivity index (χ3n) is 0.514. The predicted octanol–water partition coefficient (Wildman–Crippen LogP) is 0.667. The number of carboxylic acids is 1. The fraction of sp³-hybridized carbons (Fsp3) is 0.200. The van der Waals surface area contributed by atoms with Gasteiger partial charge in [-0.2, -0.15) is 0 Å². The average Bonchev–Trinajstić information content (AvgIpc) is 1.66. The van der Waals surface area contributed by atoms with Crippen LogP contribution < -0.4 is 0 Å². The van der Waals surface area contributed by atoms with Gasteiger partial charge in [0, 0.05) is 12.5 Å². The maximum atomic E-state index is 9.71. The van der Waals surface area contributed by atoms with Crippen LogP contribution in [0, 0.1) is 5.41 Å². The standard InChI is InChI=1S/C5H7NO2/c6-4-2-1-3-5(7)8/h1,3-4,6H,2H2,(H,7,8)/b3-1+,6-4?. The quantitative estimate of drug-likeness (QED) is 0.417. The molecule has 0 heterocycles. The minimum Gasteiger partial charge on any atom is -0.478 e. The molecule has 0 fully saturated rings. The van der Waals surface area contributed by atoms with Crippen molar-refractivity contribution in [3.8, 4) is 0 Å². The number of nitrogens with one attached hydrogen (secondary N) is 1. The van der Waals surface area contributed by atoms with E-state index in [0.29, 0.717) is 6.42 Å². The maximum Gasteiger partial charge on any atom is 0.327 e. The molecule has 0 aromatic rings. The molecule has 0 saturated carbocycles. The summed E-state index contributed by atoms with van der Waals surface area (Å²) in [5.41, 5.74) is 0. The van der Waals surface area contributed by atoms with Gasteiger partial charge in [0.05, 0.1) is 0 Å². The van der Waals surface area contributed by atoms with E-state index in [1.807, 2.05) is 0 Å². The molecule has 2 N–H and O–H groups in total. The van der Waals surface area contributed by atoms with Gasteiger partial charge in [0.25, 0.3) is 0 Å². The van der Waals surface area contributed by atoms with Gasteiger partial charge in [-0.25, -0.2) is 4.79 Å². The van der Waals surface area contributed by atoms with E-state index in [9.17, 15) is 4.79 Å². The van der Waals surface area contributed by atoms with Gasteiger partial charge >= 0.3 is 5.97 Å². The SMILES string of the molecule is N=CC/C=C/C(=O)O. The first-order chi connectivity index (χ1) is 3.77. The lowest BCUT2D eigenvalue weighted by Gasteiger charge is -1.74. The van der Waals surface area contributed by atoms with Crippen LogP contribution in [0.25, 0.3) is 0 Å². The molecule has 0 spiro atoms. The Bertz CT molecular complexity index is 118. The normalized spacial score (nSPS) is 9.50. The lowest BCUT2D eigenvalue weighted by Crippen LogP contribution is -1.85. The summed E-state index contributed by atoms with van der Waals surface area (Å²) in [5, 5.41) is 14.5. The molecule has 0 bridgehead atoms. The second-order valence-corrected chi connectivity index (χ2v) is 1.18. The molecule has 0 aromatic carbocycles. The van der Waals surface area contributed by atoms with Crippen LogP contribution in [-0.2, 0) is 4.79 Å².